The third-order valence-electron chi connectivity index (χ3n) is 3.58. The van der Waals surface area contributed by atoms with Crippen LogP contribution in [-0.4, -0.2) is 31.6 Å². The van der Waals surface area contributed by atoms with E-state index in [-0.39, 0.29) is 23.0 Å². The van der Waals surface area contributed by atoms with Crippen LogP contribution < -0.4 is 10.0 Å². The van der Waals surface area contributed by atoms with Crippen molar-refractivity contribution in [3.8, 4) is 0 Å². The minimum atomic E-state index is -3.86. The third kappa shape index (κ3) is 3.81. The molecule has 0 aliphatic heterocycles. The zero-order valence-corrected chi connectivity index (χ0v) is 14.4. The van der Waals surface area contributed by atoms with Gasteiger partial charge in [0, 0.05) is 12.1 Å². The zero-order valence-electron chi connectivity index (χ0n) is 13.6. The molecule has 3 rings (SSSR count). The largest absolute Gasteiger partial charge is 0.453 e. The molecule has 2 aromatic carbocycles. The lowest BCUT2D eigenvalue weighted by Crippen LogP contribution is -2.23. The Bertz CT molecular complexity index is 1070. The number of rotatable bonds is 5. The van der Waals surface area contributed by atoms with Crippen molar-refractivity contribution in [2.75, 3.05) is 12.4 Å². The number of halogens is 1. The Morgan fingerprint density at radius 3 is 2.77 bits per heavy atom. The van der Waals surface area contributed by atoms with Gasteiger partial charge < -0.3 is 9.72 Å². The molecule has 0 saturated heterocycles. The number of ether oxygens (including phenoxy) is 1. The monoisotopic (exact) mass is 378 g/mol. The van der Waals surface area contributed by atoms with Gasteiger partial charge in [0.25, 0.3) is 0 Å². The Balaban J connectivity index is 1.82. The van der Waals surface area contributed by atoms with Crippen LogP contribution in [0.4, 0.5) is 15.1 Å². The van der Waals surface area contributed by atoms with Crippen LogP contribution in [0.15, 0.2) is 47.4 Å². The molecule has 26 heavy (non-hydrogen) atoms. The van der Waals surface area contributed by atoms with Gasteiger partial charge in [0.2, 0.25) is 16.0 Å². The highest BCUT2D eigenvalue weighted by atomic mass is 32.2. The number of imidazole rings is 1. The predicted octanol–water partition coefficient (Wildman–Crippen LogP) is 2.36. The number of methoxy groups -OCH3 is 1. The van der Waals surface area contributed by atoms with Gasteiger partial charge in [-0.3, -0.25) is 5.32 Å². The Labute approximate surface area is 148 Å². The molecule has 10 heteroatoms. The summed E-state index contributed by atoms with van der Waals surface area (Å²) in [5.41, 5.74) is 1.11. The number of anilines is 1. The summed E-state index contributed by atoms with van der Waals surface area (Å²) in [6.45, 7) is -0.175. The second-order valence-electron chi connectivity index (χ2n) is 5.30. The fourth-order valence-corrected chi connectivity index (χ4v) is 3.29. The number of amides is 1. The van der Waals surface area contributed by atoms with Gasteiger partial charge >= 0.3 is 6.09 Å². The second-order valence-corrected chi connectivity index (χ2v) is 7.06. The summed E-state index contributed by atoms with van der Waals surface area (Å²) >= 11 is 0. The summed E-state index contributed by atoms with van der Waals surface area (Å²) < 4.78 is 45.3. The highest BCUT2D eigenvalue weighted by Crippen LogP contribution is 2.19. The molecule has 8 nitrogen and oxygen atoms in total. The fourth-order valence-electron chi connectivity index (χ4n) is 2.26. The summed E-state index contributed by atoms with van der Waals surface area (Å²) in [4.78, 5) is 18.1. The quantitative estimate of drug-likeness (QED) is 0.631. The first kappa shape index (κ1) is 17.8. The summed E-state index contributed by atoms with van der Waals surface area (Å²) in [7, 11) is -2.65. The van der Waals surface area contributed by atoms with E-state index < -0.39 is 21.9 Å². The molecule has 0 fully saturated rings. The number of hydrogen-bond donors (Lipinski definition) is 3. The first-order valence-electron chi connectivity index (χ1n) is 7.47. The Morgan fingerprint density at radius 1 is 1.27 bits per heavy atom. The molecule has 3 N–H and O–H groups in total. The van der Waals surface area contributed by atoms with E-state index >= 15 is 0 Å². The molecule has 1 heterocycles. The van der Waals surface area contributed by atoms with Gasteiger partial charge in [-0.25, -0.2) is 27.3 Å². The van der Waals surface area contributed by atoms with Crippen LogP contribution in [0.5, 0.6) is 0 Å². The van der Waals surface area contributed by atoms with Crippen LogP contribution in [0.1, 0.15) is 5.56 Å². The number of nitrogens with zero attached hydrogens (tertiary/aromatic N) is 1. The molecular formula is C16H15FN4O4S. The number of H-pyrrole nitrogens is 1. The maximum Gasteiger partial charge on any atom is 0.413 e. The first-order chi connectivity index (χ1) is 12.4. The molecule has 0 bridgehead atoms. The van der Waals surface area contributed by atoms with Crippen LogP contribution >= 0.6 is 0 Å². The van der Waals surface area contributed by atoms with E-state index in [1.54, 1.807) is 6.07 Å². The maximum atomic E-state index is 13.6. The van der Waals surface area contributed by atoms with Gasteiger partial charge in [0.05, 0.1) is 23.0 Å². The van der Waals surface area contributed by atoms with Crippen molar-refractivity contribution in [1.82, 2.24) is 14.7 Å². The maximum absolute atomic E-state index is 13.6. The Morgan fingerprint density at radius 2 is 2.04 bits per heavy atom. The minimum absolute atomic E-state index is 0.0189. The molecule has 3 aromatic rings. The standard InChI is InChI=1S/C16H15FN4O4S/c1-25-16(22)21-15-19-13-7-6-11(8-14(13)20-15)26(23,24)18-9-10-4-2-3-5-12(10)17/h2-8,18H,9H2,1H3,(H2,19,20,21,22). The minimum Gasteiger partial charge on any atom is -0.453 e. The SMILES string of the molecule is COC(=O)Nc1nc2ccc(S(=O)(=O)NCc3ccccc3F)cc2[nH]1. The van der Waals surface area contributed by atoms with E-state index in [1.807, 2.05) is 0 Å². The number of nitrogens with one attached hydrogen (secondary N) is 3. The fraction of sp³-hybridized carbons (Fsp3) is 0.125. The number of benzene rings is 2. The van der Waals surface area contributed by atoms with Gasteiger partial charge in [0.15, 0.2) is 0 Å². The van der Waals surface area contributed by atoms with Crippen LogP contribution in [0, 0.1) is 5.82 Å². The van der Waals surface area contributed by atoms with Crippen molar-refractivity contribution in [3.63, 3.8) is 0 Å². The molecule has 1 amide bonds. The zero-order chi connectivity index (χ0) is 18.7. The molecule has 0 aliphatic carbocycles. The molecule has 0 saturated carbocycles. The van der Waals surface area contributed by atoms with Crippen LogP contribution in [0.2, 0.25) is 0 Å². The number of hydrogen-bond acceptors (Lipinski definition) is 5. The lowest BCUT2D eigenvalue weighted by molar-refractivity contribution is 0.186. The molecule has 0 unspecified atom stereocenters. The third-order valence-corrected chi connectivity index (χ3v) is 4.98. The van der Waals surface area contributed by atoms with Crippen molar-refractivity contribution in [2.24, 2.45) is 0 Å². The average molecular weight is 378 g/mol. The van der Waals surface area contributed by atoms with Gasteiger partial charge in [-0.05, 0) is 24.3 Å². The number of fused-ring (bicyclic) bond motifs is 1. The van der Waals surface area contributed by atoms with E-state index in [0.29, 0.717) is 11.0 Å². The number of carbonyl (C=O) groups is 1. The van der Waals surface area contributed by atoms with Gasteiger partial charge in [-0.1, -0.05) is 18.2 Å². The van der Waals surface area contributed by atoms with Crippen molar-refractivity contribution >= 4 is 33.1 Å². The second kappa shape index (κ2) is 7.10. The Hall–Kier alpha value is -2.98. The molecule has 0 spiro atoms. The Kier molecular flexibility index (Phi) is 4.87. The molecule has 1 aromatic heterocycles. The van der Waals surface area contributed by atoms with Crippen LogP contribution in [0.25, 0.3) is 11.0 Å². The normalized spacial score (nSPS) is 11.5. The first-order valence-corrected chi connectivity index (χ1v) is 8.95. The summed E-state index contributed by atoms with van der Waals surface area (Å²) in [5.74, 6) is -0.363. The number of carbonyl (C=O) groups excluding carboxylic acids is 1. The van der Waals surface area contributed by atoms with Crippen molar-refractivity contribution in [2.45, 2.75) is 11.4 Å². The molecule has 136 valence electrons. The number of aromatic nitrogens is 2. The molecular weight excluding hydrogens is 363 g/mol. The van der Waals surface area contributed by atoms with Crippen LogP contribution in [-0.2, 0) is 21.3 Å². The van der Waals surface area contributed by atoms with E-state index in [0.717, 1.165) is 0 Å². The van der Waals surface area contributed by atoms with E-state index in [1.165, 1.54) is 43.5 Å². The topological polar surface area (TPSA) is 113 Å². The highest BCUT2D eigenvalue weighted by molar-refractivity contribution is 7.89. The summed E-state index contributed by atoms with van der Waals surface area (Å²) in [5, 5.41) is 2.36. The molecule has 0 atom stereocenters. The van der Waals surface area contributed by atoms with Crippen molar-refractivity contribution in [3.05, 3.63) is 53.8 Å². The van der Waals surface area contributed by atoms with Gasteiger partial charge in [0.1, 0.15) is 5.82 Å². The van der Waals surface area contributed by atoms with Crippen molar-refractivity contribution in [1.29, 1.82) is 0 Å². The van der Waals surface area contributed by atoms with Gasteiger partial charge in [-0.15, -0.1) is 0 Å². The summed E-state index contributed by atoms with van der Waals surface area (Å²) in [6, 6.07) is 10.1. The highest BCUT2D eigenvalue weighted by Gasteiger charge is 2.16. The van der Waals surface area contributed by atoms with Crippen molar-refractivity contribution < 1.29 is 22.3 Å². The predicted molar refractivity (Wildman–Crippen MR) is 92.5 cm³/mol. The molecule has 0 aliphatic rings. The average Bonchev–Trinajstić information content (AvgIpc) is 3.02. The summed E-state index contributed by atoms with van der Waals surface area (Å²) in [6.07, 6.45) is -0.705. The molecule has 0 radical (unpaired) electrons. The lowest BCUT2D eigenvalue weighted by atomic mass is 10.2. The smallest absolute Gasteiger partial charge is 0.413 e. The number of sulfonamides is 1. The van der Waals surface area contributed by atoms with E-state index in [2.05, 4.69) is 24.7 Å². The van der Waals surface area contributed by atoms with Gasteiger partial charge in [-0.2, -0.15) is 0 Å². The van der Waals surface area contributed by atoms with E-state index in [4.69, 9.17) is 0 Å². The van der Waals surface area contributed by atoms with Crippen LogP contribution in [0.3, 0.4) is 0 Å². The lowest BCUT2D eigenvalue weighted by Gasteiger charge is -2.07. The number of aromatic amines is 1. The van der Waals surface area contributed by atoms with E-state index in [9.17, 15) is 17.6 Å².